The molecule has 0 heterocycles. The molecule has 0 N–H and O–H groups in total. The Labute approximate surface area is 59.3 Å². The van der Waals surface area contributed by atoms with Crippen molar-refractivity contribution in [3.63, 3.8) is 0 Å². The first-order valence-electron chi connectivity index (χ1n) is 2.74. The minimum absolute atomic E-state index is 0.0363. The van der Waals surface area contributed by atoms with Crippen molar-refractivity contribution in [2.24, 2.45) is 0 Å². The summed E-state index contributed by atoms with van der Waals surface area (Å²) >= 11 is 0. The van der Waals surface area contributed by atoms with E-state index in [1.807, 2.05) is 0 Å². The summed E-state index contributed by atoms with van der Waals surface area (Å²) in [6.45, 7) is 0. The topological polar surface area (TPSA) is 17.1 Å². The molecule has 1 rings (SSSR count). The van der Waals surface area contributed by atoms with E-state index < -0.39 is 5.82 Å². The standard InChI is InChI=1S/C7H4BFO/c8-6-2-1-5(4-10)7(9)3-6/h1-4H. The van der Waals surface area contributed by atoms with Crippen molar-refractivity contribution in [1.82, 2.24) is 0 Å². The second-order valence-corrected chi connectivity index (χ2v) is 1.90. The van der Waals surface area contributed by atoms with E-state index in [0.29, 0.717) is 11.7 Å². The largest absolute Gasteiger partial charge is 0.298 e. The third kappa shape index (κ3) is 1.24. The van der Waals surface area contributed by atoms with Crippen LogP contribution in [0.2, 0.25) is 0 Å². The van der Waals surface area contributed by atoms with Crippen LogP contribution in [0.25, 0.3) is 0 Å². The molecule has 2 radical (unpaired) electrons. The van der Waals surface area contributed by atoms with Gasteiger partial charge in [0.25, 0.3) is 0 Å². The van der Waals surface area contributed by atoms with E-state index in [9.17, 15) is 9.18 Å². The molecule has 48 valence electrons. The SMILES string of the molecule is [B]c1ccc(C=O)c(F)c1. The highest BCUT2D eigenvalue weighted by Crippen LogP contribution is 1.99. The lowest BCUT2D eigenvalue weighted by Crippen LogP contribution is -2.03. The molecule has 0 aliphatic heterocycles. The van der Waals surface area contributed by atoms with Gasteiger partial charge in [0.1, 0.15) is 13.7 Å². The quantitative estimate of drug-likeness (QED) is 0.402. The maximum Gasteiger partial charge on any atom is 0.152 e. The van der Waals surface area contributed by atoms with Crippen molar-refractivity contribution in [3.8, 4) is 0 Å². The molecule has 3 heteroatoms. The van der Waals surface area contributed by atoms with Gasteiger partial charge in [-0.2, -0.15) is 0 Å². The van der Waals surface area contributed by atoms with Gasteiger partial charge >= 0.3 is 0 Å². The van der Waals surface area contributed by atoms with Crippen LogP contribution < -0.4 is 5.46 Å². The number of rotatable bonds is 1. The molecular weight excluding hydrogens is 130 g/mol. The summed E-state index contributed by atoms with van der Waals surface area (Å²) in [5.41, 5.74) is 0.359. The number of benzene rings is 1. The van der Waals surface area contributed by atoms with Gasteiger partial charge in [-0.25, -0.2) is 4.39 Å². The molecule has 0 aromatic heterocycles. The van der Waals surface area contributed by atoms with Crippen molar-refractivity contribution in [1.29, 1.82) is 0 Å². The van der Waals surface area contributed by atoms with E-state index in [2.05, 4.69) is 0 Å². The molecular formula is C7H4BFO. The number of carbonyl (C=O) groups is 1. The minimum atomic E-state index is -0.574. The van der Waals surface area contributed by atoms with Crippen molar-refractivity contribution in [2.75, 3.05) is 0 Å². The van der Waals surface area contributed by atoms with Crippen molar-refractivity contribution >= 4 is 19.6 Å². The molecule has 1 aromatic carbocycles. The Balaban J connectivity index is 3.19. The maximum atomic E-state index is 12.5. The number of carbonyl (C=O) groups excluding carboxylic acids is 1. The van der Waals surface area contributed by atoms with Crippen molar-refractivity contribution in [3.05, 3.63) is 29.6 Å². The first kappa shape index (κ1) is 7.00. The second kappa shape index (κ2) is 2.65. The monoisotopic (exact) mass is 134 g/mol. The highest BCUT2D eigenvalue weighted by molar-refractivity contribution is 6.32. The fourth-order valence-corrected chi connectivity index (χ4v) is 0.639. The lowest BCUT2D eigenvalue weighted by molar-refractivity contribution is 0.112. The molecule has 0 unspecified atom stereocenters. The fraction of sp³-hybridized carbons (Fsp3) is 0. The molecule has 0 bridgehead atoms. The predicted octanol–water partition coefficient (Wildman–Crippen LogP) is 0.432. The van der Waals surface area contributed by atoms with E-state index in [4.69, 9.17) is 7.85 Å². The second-order valence-electron chi connectivity index (χ2n) is 1.90. The average molecular weight is 134 g/mol. The van der Waals surface area contributed by atoms with Crippen LogP contribution in [0.4, 0.5) is 4.39 Å². The van der Waals surface area contributed by atoms with Gasteiger partial charge in [-0.3, -0.25) is 4.79 Å². The molecule has 0 fully saturated rings. The van der Waals surface area contributed by atoms with Gasteiger partial charge in [-0.05, 0) is 12.1 Å². The Hall–Kier alpha value is -1.12. The smallest absolute Gasteiger partial charge is 0.152 e. The first-order valence-corrected chi connectivity index (χ1v) is 2.74. The van der Waals surface area contributed by atoms with Gasteiger partial charge in [0.15, 0.2) is 6.29 Å². The Morgan fingerprint density at radius 1 is 1.50 bits per heavy atom. The maximum absolute atomic E-state index is 12.5. The zero-order valence-electron chi connectivity index (χ0n) is 5.17. The molecule has 10 heavy (non-hydrogen) atoms. The van der Waals surface area contributed by atoms with E-state index in [1.54, 1.807) is 0 Å². The third-order valence-electron chi connectivity index (χ3n) is 1.15. The van der Waals surface area contributed by atoms with E-state index in [-0.39, 0.29) is 5.56 Å². The van der Waals surface area contributed by atoms with Crippen LogP contribution in [0.3, 0.4) is 0 Å². The molecule has 1 nitrogen and oxygen atoms in total. The van der Waals surface area contributed by atoms with Gasteiger partial charge in [-0.15, -0.1) is 0 Å². The zero-order valence-corrected chi connectivity index (χ0v) is 5.17. The highest BCUT2D eigenvalue weighted by Gasteiger charge is 1.97. The molecule has 0 amide bonds. The van der Waals surface area contributed by atoms with Gasteiger partial charge in [0.05, 0.1) is 0 Å². The first-order chi connectivity index (χ1) is 4.74. The van der Waals surface area contributed by atoms with Crippen LogP contribution in [-0.4, -0.2) is 14.1 Å². The van der Waals surface area contributed by atoms with Gasteiger partial charge < -0.3 is 0 Å². The molecule has 0 saturated heterocycles. The number of hydrogen-bond acceptors (Lipinski definition) is 1. The van der Waals surface area contributed by atoms with Gasteiger partial charge in [-0.1, -0.05) is 11.5 Å². The summed E-state index contributed by atoms with van der Waals surface area (Å²) in [4.78, 5) is 10.1. The molecule has 0 spiro atoms. The summed E-state index contributed by atoms with van der Waals surface area (Å²) in [5, 5.41) is 0. The Kier molecular flexibility index (Phi) is 1.85. The lowest BCUT2D eigenvalue weighted by atomic mass is 9.95. The van der Waals surface area contributed by atoms with E-state index in [1.165, 1.54) is 12.1 Å². The normalized spacial score (nSPS) is 9.30. The Bertz CT molecular complexity index is 260. The summed E-state index contributed by atoms with van der Waals surface area (Å²) in [6, 6.07) is 3.94. The summed E-state index contributed by atoms with van der Waals surface area (Å²) in [6.07, 6.45) is 0.453. The number of halogens is 1. The lowest BCUT2D eigenvalue weighted by Gasteiger charge is -1.94. The van der Waals surface area contributed by atoms with Crippen molar-refractivity contribution < 1.29 is 9.18 Å². The summed E-state index contributed by atoms with van der Waals surface area (Å²) in [5.74, 6) is -0.574. The Morgan fingerprint density at radius 2 is 2.20 bits per heavy atom. The van der Waals surface area contributed by atoms with E-state index >= 15 is 0 Å². The van der Waals surface area contributed by atoms with Gasteiger partial charge in [0.2, 0.25) is 0 Å². The van der Waals surface area contributed by atoms with Crippen LogP contribution in [0, 0.1) is 5.82 Å². The predicted molar refractivity (Wildman–Crippen MR) is 37.2 cm³/mol. The van der Waals surface area contributed by atoms with Crippen LogP contribution in [0.5, 0.6) is 0 Å². The summed E-state index contributed by atoms with van der Waals surface area (Å²) < 4.78 is 12.5. The molecule has 1 aromatic rings. The number of aldehydes is 1. The minimum Gasteiger partial charge on any atom is -0.298 e. The van der Waals surface area contributed by atoms with E-state index in [0.717, 1.165) is 6.07 Å². The molecule has 0 aliphatic rings. The number of hydrogen-bond donors (Lipinski definition) is 0. The molecule has 0 aliphatic carbocycles. The third-order valence-corrected chi connectivity index (χ3v) is 1.15. The van der Waals surface area contributed by atoms with Crippen LogP contribution in [-0.2, 0) is 0 Å². The fourth-order valence-electron chi connectivity index (χ4n) is 0.639. The van der Waals surface area contributed by atoms with Crippen LogP contribution in [0.1, 0.15) is 10.4 Å². The van der Waals surface area contributed by atoms with Crippen LogP contribution in [0.15, 0.2) is 18.2 Å². The van der Waals surface area contributed by atoms with Crippen molar-refractivity contribution in [2.45, 2.75) is 0 Å². The molecule has 0 atom stereocenters. The van der Waals surface area contributed by atoms with Crippen LogP contribution >= 0.6 is 0 Å². The Morgan fingerprint density at radius 3 is 2.70 bits per heavy atom. The average Bonchev–Trinajstić information content (AvgIpc) is 1.88. The van der Waals surface area contributed by atoms with Gasteiger partial charge in [0, 0.05) is 5.56 Å². The zero-order chi connectivity index (χ0) is 7.56. The molecule has 0 saturated carbocycles. The highest BCUT2D eigenvalue weighted by atomic mass is 19.1. The summed E-state index contributed by atoms with van der Waals surface area (Å²) in [7, 11) is 5.23.